The molecule has 2 aromatic rings. The normalized spacial score (nSPS) is 14.8. The van der Waals surface area contributed by atoms with E-state index in [1.54, 1.807) is 12.4 Å². The summed E-state index contributed by atoms with van der Waals surface area (Å²) in [6.45, 7) is 2.54. The molecular weight excluding hydrogens is 216 g/mol. The Balaban J connectivity index is 1.89. The SMILES string of the molecule is CN(CC1=NCCN1)c1nccn2ccnc12. The third kappa shape index (κ3) is 1.82. The first-order chi connectivity index (χ1) is 8.34. The van der Waals surface area contributed by atoms with Gasteiger partial charge >= 0.3 is 0 Å². The van der Waals surface area contributed by atoms with E-state index in [0.717, 1.165) is 36.9 Å². The molecule has 0 unspecified atom stereocenters. The average molecular weight is 230 g/mol. The van der Waals surface area contributed by atoms with Crippen molar-refractivity contribution in [2.75, 3.05) is 31.6 Å². The molecule has 17 heavy (non-hydrogen) atoms. The van der Waals surface area contributed by atoms with Gasteiger partial charge in [0.2, 0.25) is 0 Å². The summed E-state index contributed by atoms with van der Waals surface area (Å²) in [6, 6.07) is 0. The van der Waals surface area contributed by atoms with Crippen molar-refractivity contribution >= 4 is 17.3 Å². The number of rotatable bonds is 3. The van der Waals surface area contributed by atoms with Gasteiger partial charge < -0.3 is 14.6 Å². The van der Waals surface area contributed by atoms with Gasteiger partial charge in [0, 0.05) is 38.4 Å². The average Bonchev–Trinajstić information content (AvgIpc) is 2.97. The first-order valence-corrected chi connectivity index (χ1v) is 5.60. The fourth-order valence-corrected chi connectivity index (χ4v) is 1.96. The second-order valence-corrected chi connectivity index (χ2v) is 4.02. The Hall–Kier alpha value is -2.11. The number of nitrogens with one attached hydrogen (secondary N) is 1. The minimum atomic E-state index is 0.736. The van der Waals surface area contributed by atoms with E-state index in [4.69, 9.17) is 0 Å². The van der Waals surface area contributed by atoms with Gasteiger partial charge in [0.25, 0.3) is 0 Å². The van der Waals surface area contributed by atoms with E-state index < -0.39 is 0 Å². The molecule has 6 nitrogen and oxygen atoms in total. The first kappa shape index (κ1) is 10.1. The van der Waals surface area contributed by atoms with Gasteiger partial charge in [-0.05, 0) is 0 Å². The number of anilines is 1. The molecular formula is C11H14N6. The Morgan fingerprint density at radius 2 is 2.18 bits per heavy atom. The minimum Gasteiger partial charge on any atom is -0.370 e. The van der Waals surface area contributed by atoms with Crippen LogP contribution >= 0.6 is 0 Å². The van der Waals surface area contributed by atoms with Gasteiger partial charge in [-0.15, -0.1) is 0 Å². The summed E-state index contributed by atoms with van der Waals surface area (Å²) in [6.07, 6.45) is 7.37. The summed E-state index contributed by atoms with van der Waals surface area (Å²) in [4.78, 5) is 15.1. The highest BCUT2D eigenvalue weighted by molar-refractivity contribution is 5.88. The molecule has 3 rings (SSSR count). The number of fused-ring (bicyclic) bond motifs is 1. The van der Waals surface area contributed by atoms with Crippen LogP contribution in [0.4, 0.5) is 5.82 Å². The van der Waals surface area contributed by atoms with Gasteiger partial charge in [-0.2, -0.15) is 0 Å². The van der Waals surface area contributed by atoms with Gasteiger partial charge in [-0.3, -0.25) is 4.99 Å². The summed E-state index contributed by atoms with van der Waals surface area (Å²) in [5, 5.41) is 3.25. The number of likely N-dealkylation sites (N-methyl/N-ethyl adjacent to an activating group) is 1. The Labute approximate surface area is 99.0 Å². The van der Waals surface area contributed by atoms with E-state index in [1.165, 1.54) is 0 Å². The largest absolute Gasteiger partial charge is 0.370 e. The highest BCUT2D eigenvalue weighted by atomic mass is 15.2. The second kappa shape index (κ2) is 4.04. The molecule has 2 aromatic heterocycles. The Morgan fingerprint density at radius 1 is 1.35 bits per heavy atom. The van der Waals surface area contributed by atoms with Crippen LogP contribution in [0.15, 0.2) is 29.8 Å². The Morgan fingerprint density at radius 3 is 2.94 bits per heavy atom. The Kier molecular flexibility index (Phi) is 2.40. The van der Waals surface area contributed by atoms with Crippen molar-refractivity contribution < 1.29 is 0 Å². The van der Waals surface area contributed by atoms with E-state index in [2.05, 4.69) is 25.2 Å². The molecule has 6 heteroatoms. The van der Waals surface area contributed by atoms with Crippen LogP contribution in [0.1, 0.15) is 0 Å². The van der Waals surface area contributed by atoms with Crippen LogP contribution in [0.25, 0.3) is 5.65 Å². The molecule has 0 atom stereocenters. The number of hydrogen-bond donors (Lipinski definition) is 1. The third-order valence-corrected chi connectivity index (χ3v) is 2.78. The van der Waals surface area contributed by atoms with Crippen molar-refractivity contribution in [2.45, 2.75) is 0 Å². The van der Waals surface area contributed by atoms with Crippen LogP contribution in [0.5, 0.6) is 0 Å². The van der Waals surface area contributed by atoms with E-state index in [9.17, 15) is 0 Å². The molecule has 0 fully saturated rings. The maximum atomic E-state index is 4.38. The van der Waals surface area contributed by atoms with Gasteiger partial charge in [-0.1, -0.05) is 0 Å². The van der Waals surface area contributed by atoms with Gasteiger partial charge in [-0.25, -0.2) is 9.97 Å². The van der Waals surface area contributed by atoms with Crippen molar-refractivity contribution in [3.63, 3.8) is 0 Å². The lowest BCUT2D eigenvalue weighted by Crippen LogP contribution is -2.33. The second-order valence-electron chi connectivity index (χ2n) is 4.02. The van der Waals surface area contributed by atoms with Crippen LogP contribution in [0, 0.1) is 0 Å². The highest BCUT2D eigenvalue weighted by Gasteiger charge is 2.13. The number of aliphatic imine (C=N–C) groups is 1. The summed E-state index contributed by atoms with van der Waals surface area (Å²) >= 11 is 0. The van der Waals surface area contributed by atoms with Gasteiger partial charge in [0.15, 0.2) is 11.5 Å². The minimum absolute atomic E-state index is 0.736. The summed E-state index contributed by atoms with van der Waals surface area (Å²) in [5.41, 5.74) is 0.869. The topological polar surface area (TPSA) is 57.8 Å². The predicted octanol–water partition coefficient (Wildman–Crippen LogP) is 0.167. The van der Waals surface area contributed by atoms with Gasteiger partial charge in [0.05, 0.1) is 13.1 Å². The maximum Gasteiger partial charge on any atom is 0.180 e. The zero-order chi connectivity index (χ0) is 11.7. The smallest absolute Gasteiger partial charge is 0.180 e. The number of hydrogen-bond acceptors (Lipinski definition) is 5. The van der Waals surface area contributed by atoms with Crippen LogP contribution in [0.2, 0.25) is 0 Å². The molecule has 1 aliphatic heterocycles. The molecule has 0 saturated heterocycles. The molecule has 0 saturated carbocycles. The fourth-order valence-electron chi connectivity index (χ4n) is 1.96. The Bertz CT molecular complexity index is 558. The number of amidine groups is 1. The van der Waals surface area contributed by atoms with Crippen LogP contribution in [-0.4, -0.2) is 46.9 Å². The van der Waals surface area contributed by atoms with Crippen molar-refractivity contribution in [3.05, 3.63) is 24.8 Å². The molecule has 0 bridgehead atoms. The van der Waals surface area contributed by atoms with Crippen LogP contribution < -0.4 is 10.2 Å². The monoisotopic (exact) mass is 230 g/mol. The zero-order valence-electron chi connectivity index (χ0n) is 9.67. The lowest BCUT2D eigenvalue weighted by atomic mass is 10.4. The van der Waals surface area contributed by atoms with E-state index in [0.29, 0.717) is 0 Å². The molecule has 0 amide bonds. The lowest BCUT2D eigenvalue weighted by molar-refractivity contribution is 0.935. The number of imidazole rings is 1. The third-order valence-electron chi connectivity index (χ3n) is 2.78. The van der Waals surface area contributed by atoms with Crippen molar-refractivity contribution in [2.24, 2.45) is 4.99 Å². The van der Waals surface area contributed by atoms with Crippen molar-refractivity contribution in [1.29, 1.82) is 0 Å². The standard InChI is InChI=1S/C11H14N6/c1-16(8-9-12-2-3-13-9)10-11-15-5-7-17(11)6-4-14-10/h4-7H,2-3,8H2,1H3,(H,12,13). The first-order valence-electron chi connectivity index (χ1n) is 5.60. The quantitative estimate of drug-likeness (QED) is 0.816. The molecule has 0 radical (unpaired) electrons. The molecule has 0 aliphatic carbocycles. The van der Waals surface area contributed by atoms with Crippen molar-refractivity contribution in [3.8, 4) is 0 Å². The molecule has 0 aromatic carbocycles. The maximum absolute atomic E-state index is 4.38. The van der Waals surface area contributed by atoms with Crippen LogP contribution in [0.3, 0.4) is 0 Å². The summed E-state index contributed by atoms with van der Waals surface area (Å²) in [5.74, 6) is 1.89. The molecule has 88 valence electrons. The highest BCUT2D eigenvalue weighted by Crippen LogP contribution is 2.14. The molecule has 1 aliphatic rings. The lowest BCUT2D eigenvalue weighted by Gasteiger charge is -2.18. The molecule has 1 N–H and O–H groups in total. The summed E-state index contributed by atoms with van der Waals surface area (Å²) in [7, 11) is 2.00. The molecule has 0 spiro atoms. The van der Waals surface area contributed by atoms with Crippen LogP contribution in [-0.2, 0) is 0 Å². The van der Waals surface area contributed by atoms with E-state index in [1.807, 2.05) is 23.8 Å². The predicted molar refractivity (Wildman–Crippen MR) is 66.6 cm³/mol. The number of aromatic nitrogens is 3. The fraction of sp³-hybridized carbons (Fsp3) is 0.364. The van der Waals surface area contributed by atoms with Gasteiger partial charge in [0.1, 0.15) is 5.84 Å². The summed E-state index contributed by atoms with van der Waals surface area (Å²) < 4.78 is 1.96. The molecule has 3 heterocycles. The number of nitrogens with zero attached hydrogens (tertiary/aromatic N) is 5. The van der Waals surface area contributed by atoms with Crippen molar-refractivity contribution in [1.82, 2.24) is 19.7 Å². The van der Waals surface area contributed by atoms with E-state index in [-0.39, 0.29) is 0 Å². The van der Waals surface area contributed by atoms with E-state index >= 15 is 0 Å². The zero-order valence-corrected chi connectivity index (χ0v) is 9.67.